The Labute approximate surface area is 116 Å². The van der Waals surface area contributed by atoms with Crippen LogP contribution in [0.5, 0.6) is 0 Å². The maximum absolute atomic E-state index is 4.45. The predicted molar refractivity (Wildman–Crippen MR) is 80.7 cm³/mol. The lowest BCUT2D eigenvalue weighted by Gasteiger charge is -2.08. The van der Waals surface area contributed by atoms with Crippen LogP contribution in [0, 0.1) is 13.8 Å². The highest BCUT2D eigenvalue weighted by Crippen LogP contribution is 2.24. The Morgan fingerprint density at radius 3 is 2.89 bits per heavy atom. The molecule has 1 N–H and O–H groups in total. The van der Waals surface area contributed by atoms with Crippen molar-refractivity contribution >= 4 is 27.8 Å². The molecule has 2 heterocycles. The van der Waals surface area contributed by atoms with Crippen LogP contribution < -0.4 is 5.32 Å². The van der Waals surface area contributed by atoms with E-state index in [4.69, 9.17) is 0 Å². The first-order valence-corrected chi connectivity index (χ1v) is 7.05. The third kappa shape index (κ3) is 2.44. The van der Waals surface area contributed by atoms with Crippen LogP contribution in [-0.4, -0.2) is 9.97 Å². The highest BCUT2D eigenvalue weighted by molar-refractivity contribution is 7.11. The summed E-state index contributed by atoms with van der Waals surface area (Å²) in [6.07, 6.45) is 3.73. The van der Waals surface area contributed by atoms with Gasteiger partial charge in [0.1, 0.15) is 0 Å². The Hall–Kier alpha value is -1.94. The van der Waals surface area contributed by atoms with Crippen LogP contribution in [0.4, 0.5) is 5.69 Å². The van der Waals surface area contributed by atoms with E-state index in [1.807, 2.05) is 25.4 Å². The van der Waals surface area contributed by atoms with E-state index in [0.717, 1.165) is 28.3 Å². The second kappa shape index (κ2) is 4.97. The summed E-state index contributed by atoms with van der Waals surface area (Å²) in [4.78, 5) is 9.94. The number of nitrogens with zero attached hydrogens (tertiary/aromatic N) is 2. The summed E-state index contributed by atoms with van der Waals surface area (Å²) < 4.78 is 0. The molecule has 3 aromatic rings. The molecule has 3 nitrogen and oxygen atoms in total. The molecule has 0 spiro atoms. The zero-order valence-electron chi connectivity index (χ0n) is 11.0. The topological polar surface area (TPSA) is 37.8 Å². The number of aryl methyl sites for hydroxylation is 2. The van der Waals surface area contributed by atoms with E-state index >= 15 is 0 Å². The molecule has 3 rings (SSSR count). The van der Waals surface area contributed by atoms with Crippen LogP contribution >= 0.6 is 11.3 Å². The van der Waals surface area contributed by atoms with Crippen LogP contribution in [0.2, 0.25) is 0 Å². The number of hydrogen-bond donors (Lipinski definition) is 1. The van der Waals surface area contributed by atoms with Crippen molar-refractivity contribution in [1.29, 1.82) is 0 Å². The Bertz CT molecular complexity index is 713. The summed E-state index contributed by atoms with van der Waals surface area (Å²) in [5.41, 5.74) is 2.24. The molecule has 0 aliphatic rings. The van der Waals surface area contributed by atoms with Gasteiger partial charge in [0.15, 0.2) is 0 Å². The van der Waals surface area contributed by atoms with Crippen molar-refractivity contribution in [3.05, 3.63) is 52.2 Å². The normalized spacial score (nSPS) is 10.8. The van der Waals surface area contributed by atoms with Crippen molar-refractivity contribution in [2.24, 2.45) is 0 Å². The lowest BCUT2D eigenvalue weighted by Crippen LogP contribution is -1.99. The number of rotatable bonds is 3. The van der Waals surface area contributed by atoms with Crippen molar-refractivity contribution in [3.63, 3.8) is 0 Å². The van der Waals surface area contributed by atoms with Crippen LogP contribution in [0.3, 0.4) is 0 Å². The van der Waals surface area contributed by atoms with Crippen molar-refractivity contribution in [1.82, 2.24) is 9.97 Å². The fourth-order valence-electron chi connectivity index (χ4n) is 2.18. The second-order valence-corrected chi connectivity index (χ2v) is 5.79. The van der Waals surface area contributed by atoms with Crippen LogP contribution in [0.1, 0.15) is 15.6 Å². The summed E-state index contributed by atoms with van der Waals surface area (Å²) in [6.45, 7) is 4.92. The predicted octanol–water partition coefficient (Wildman–Crippen LogP) is 3.92. The molecule has 0 aliphatic heterocycles. The number of anilines is 1. The van der Waals surface area contributed by atoms with Gasteiger partial charge in [-0.2, -0.15) is 0 Å². The highest BCUT2D eigenvalue weighted by atomic mass is 32.1. The van der Waals surface area contributed by atoms with E-state index in [1.54, 1.807) is 11.3 Å². The SMILES string of the molecule is Cc1nc(C)c(CNc2cccc3ccncc23)s1. The molecule has 2 aromatic heterocycles. The summed E-state index contributed by atoms with van der Waals surface area (Å²) in [5, 5.41) is 6.97. The largest absolute Gasteiger partial charge is 0.380 e. The van der Waals surface area contributed by atoms with Crippen molar-refractivity contribution < 1.29 is 0 Å². The first-order valence-electron chi connectivity index (χ1n) is 6.23. The van der Waals surface area contributed by atoms with Gasteiger partial charge in [-0.3, -0.25) is 4.98 Å². The van der Waals surface area contributed by atoms with Crippen LogP contribution in [0.25, 0.3) is 10.8 Å². The van der Waals surface area contributed by atoms with Gasteiger partial charge in [-0.1, -0.05) is 12.1 Å². The minimum Gasteiger partial charge on any atom is -0.380 e. The molecule has 0 fully saturated rings. The third-order valence-electron chi connectivity index (χ3n) is 3.12. The fraction of sp³-hybridized carbons (Fsp3) is 0.200. The van der Waals surface area contributed by atoms with Gasteiger partial charge in [-0.25, -0.2) is 4.98 Å². The lowest BCUT2D eigenvalue weighted by atomic mass is 10.1. The Kier molecular flexibility index (Phi) is 3.17. The minimum absolute atomic E-state index is 0.811. The first kappa shape index (κ1) is 12.1. The molecule has 0 saturated heterocycles. The summed E-state index contributed by atoms with van der Waals surface area (Å²) in [7, 11) is 0. The third-order valence-corrected chi connectivity index (χ3v) is 4.20. The van der Waals surface area contributed by atoms with E-state index in [0.29, 0.717) is 0 Å². The minimum atomic E-state index is 0.811. The number of nitrogens with one attached hydrogen (secondary N) is 1. The standard InChI is InChI=1S/C15H15N3S/c1-10-15(19-11(2)18-10)9-17-14-5-3-4-12-6-7-16-8-13(12)14/h3-8,17H,9H2,1-2H3. The van der Waals surface area contributed by atoms with Gasteiger partial charge in [0, 0.05) is 28.3 Å². The number of fused-ring (bicyclic) bond motifs is 1. The van der Waals surface area contributed by atoms with Gasteiger partial charge in [0.25, 0.3) is 0 Å². The van der Waals surface area contributed by atoms with Crippen LogP contribution in [0.15, 0.2) is 36.7 Å². The van der Waals surface area contributed by atoms with Gasteiger partial charge in [0.2, 0.25) is 0 Å². The van der Waals surface area contributed by atoms with E-state index < -0.39 is 0 Å². The van der Waals surface area contributed by atoms with E-state index in [2.05, 4.69) is 40.4 Å². The maximum atomic E-state index is 4.45. The van der Waals surface area contributed by atoms with Crippen molar-refractivity contribution in [2.45, 2.75) is 20.4 Å². The molecule has 4 heteroatoms. The number of aromatic nitrogens is 2. The highest BCUT2D eigenvalue weighted by Gasteiger charge is 2.05. The quantitative estimate of drug-likeness (QED) is 0.783. The second-order valence-electron chi connectivity index (χ2n) is 4.50. The van der Waals surface area contributed by atoms with Gasteiger partial charge in [-0.15, -0.1) is 11.3 Å². The molecule has 0 saturated carbocycles. The number of benzene rings is 1. The molecule has 1 aromatic carbocycles. The number of thiazole rings is 1. The van der Waals surface area contributed by atoms with Gasteiger partial charge >= 0.3 is 0 Å². The Balaban J connectivity index is 1.88. The lowest BCUT2D eigenvalue weighted by molar-refractivity contribution is 1.11. The zero-order chi connectivity index (χ0) is 13.2. The summed E-state index contributed by atoms with van der Waals surface area (Å²) in [5.74, 6) is 0. The Morgan fingerprint density at radius 1 is 1.21 bits per heavy atom. The van der Waals surface area contributed by atoms with Crippen LogP contribution in [-0.2, 0) is 6.54 Å². The average molecular weight is 269 g/mol. The molecule has 96 valence electrons. The molecule has 0 radical (unpaired) electrons. The first-order chi connectivity index (χ1) is 9.24. The molecule has 0 amide bonds. The van der Waals surface area contributed by atoms with Crippen molar-refractivity contribution in [3.8, 4) is 0 Å². The smallest absolute Gasteiger partial charge is 0.0900 e. The van der Waals surface area contributed by atoms with Crippen molar-refractivity contribution in [2.75, 3.05) is 5.32 Å². The maximum Gasteiger partial charge on any atom is 0.0900 e. The number of hydrogen-bond acceptors (Lipinski definition) is 4. The fourth-order valence-corrected chi connectivity index (χ4v) is 3.06. The van der Waals surface area contributed by atoms with E-state index in [-0.39, 0.29) is 0 Å². The molecule has 0 unspecified atom stereocenters. The molecular formula is C15H15N3S. The summed E-state index contributed by atoms with van der Waals surface area (Å²) >= 11 is 1.75. The number of pyridine rings is 1. The van der Waals surface area contributed by atoms with Gasteiger partial charge < -0.3 is 5.32 Å². The molecular weight excluding hydrogens is 254 g/mol. The average Bonchev–Trinajstić information content (AvgIpc) is 2.74. The molecule has 0 atom stereocenters. The monoisotopic (exact) mass is 269 g/mol. The van der Waals surface area contributed by atoms with E-state index in [9.17, 15) is 0 Å². The Morgan fingerprint density at radius 2 is 2.11 bits per heavy atom. The van der Waals surface area contributed by atoms with Gasteiger partial charge in [-0.05, 0) is 31.4 Å². The molecule has 0 aliphatic carbocycles. The zero-order valence-corrected chi connectivity index (χ0v) is 11.8. The summed E-state index contributed by atoms with van der Waals surface area (Å²) in [6, 6.07) is 8.29. The van der Waals surface area contributed by atoms with E-state index in [1.165, 1.54) is 10.3 Å². The van der Waals surface area contributed by atoms with Gasteiger partial charge in [0.05, 0.1) is 17.2 Å². The molecule has 19 heavy (non-hydrogen) atoms. The molecule has 0 bridgehead atoms.